The van der Waals surface area contributed by atoms with Gasteiger partial charge in [-0.2, -0.15) is 10.2 Å². The summed E-state index contributed by atoms with van der Waals surface area (Å²) in [4.78, 5) is 0. The van der Waals surface area contributed by atoms with Crippen LogP contribution >= 0.6 is 10.2 Å². The van der Waals surface area contributed by atoms with Gasteiger partial charge < -0.3 is 8.71 Å². The first kappa shape index (κ1) is 13.8. The zero-order chi connectivity index (χ0) is 15.5. The molecular formula is C19H21NOS. The number of ether oxygens (including phenoxy) is 1. The fourth-order valence-electron chi connectivity index (χ4n) is 3.55. The van der Waals surface area contributed by atoms with E-state index in [-0.39, 0.29) is 0 Å². The zero-order valence-electron chi connectivity index (χ0n) is 13.5. The van der Waals surface area contributed by atoms with Gasteiger partial charge in [0.25, 0.3) is 0 Å². The molecule has 1 aliphatic rings. The minimum Gasteiger partial charge on any atom is -0.497 e. The van der Waals surface area contributed by atoms with Crippen molar-refractivity contribution in [3.8, 4) is 17.0 Å². The summed E-state index contributed by atoms with van der Waals surface area (Å²) >= 11 is 0. The molecule has 2 nitrogen and oxygen atoms in total. The van der Waals surface area contributed by atoms with Crippen LogP contribution in [0.1, 0.15) is 11.1 Å². The fourth-order valence-corrected chi connectivity index (χ4v) is 5.05. The second-order valence-electron chi connectivity index (χ2n) is 6.61. The van der Waals surface area contributed by atoms with Gasteiger partial charge in [0, 0.05) is 17.4 Å². The second-order valence-corrected chi connectivity index (χ2v) is 10.5. The number of hydrogen-bond acceptors (Lipinski definition) is 1. The summed E-state index contributed by atoms with van der Waals surface area (Å²) in [7, 11) is 0.840. The average Bonchev–Trinajstić information content (AvgIpc) is 3.00. The lowest BCUT2D eigenvalue weighted by Gasteiger charge is -2.31. The van der Waals surface area contributed by atoms with Crippen molar-refractivity contribution in [1.82, 2.24) is 3.97 Å². The topological polar surface area (TPSA) is 14.2 Å². The van der Waals surface area contributed by atoms with E-state index in [9.17, 15) is 0 Å². The van der Waals surface area contributed by atoms with E-state index in [1.54, 1.807) is 7.11 Å². The summed E-state index contributed by atoms with van der Waals surface area (Å²) in [6, 6.07) is 15.3. The first-order valence-electron chi connectivity index (χ1n) is 7.49. The van der Waals surface area contributed by atoms with Gasteiger partial charge in [0.1, 0.15) is 5.75 Å². The molecule has 1 heterocycles. The molecule has 0 amide bonds. The molecular weight excluding hydrogens is 290 g/mol. The Labute approximate surface area is 133 Å². The molecule has 0 bridgehead atoms. The van der Waals surface area contributed by atoms with Crippen molar-refractivity contribution >= 4 is 21.1 Å². The summed E-state index contributed by atoms with van der Waals surface area (Å²) in [5.41, 5.74) is 7.05. The van der Waals surface area contributed by atoms with Gasteiger partial charge in [-0.15, -0.1) is 0 Å². The van der Waals surface area contributed by atoms with E-state index >= 15 is 0 Å². The van der Waals surface area contributed by atoms with Crippen LogP contribution in [0, 0.1) is 0 Å². The number of methoxy groups -OCH3 is 1. The van der Waals surface area contributed by atoms with E-state index in [4.69, 9.17) is 4.74 Å². The molecule has 0 spiro atoms. The maximum atomic E-state index is 5.45. The molecule has 0 saturated heterocycles. The Morgan fingerprint density at radius 3 is 2.55 bits per heavy atom. The van der Waals surface area contributed by atoms with Gasteiger partial charge >= 0.3 is 0 Å². The third-order valence-electron chi connectivity index (χ3n) is 4.42. The third-order valence-corrected chi connectivity index (χ3v) is 5.90. The molecule has 0 unspecified atom stereocenters. The van der Waals surface area contributed by atoms with E-state index in [0.717, 1.165) is 12.2 Å². The monoisotopic (exact) mass is 311 g/mol. The van der Waals surface area contributed by atoms with Crippen LogP contribution in [-0.2, 0) is 6.42 Å². The molecule has 22 heavy (non-hydrogen) atoms. The summed E-state index contributed by atoms with van der Waals surface area (Å²) in [5.74, 6) is 0.937. The number of benzene rings is 2. The molecule has 0 fully saturated rings. The van der Waals surface area contributed by atoms with Gasteiger partial charge in [0.15, 0.2) is 0 Å². The highest BCUT2D eigenvalue weighted by atomic mass is 32.3. The number of nitrogens with zero attached hydrogens (tertiary/aromatic N) is 1. The van der Waals surface area contributed by atoms with Gasteiger partial charge in [0.2, 0.25) is 0 Å². The summed E-state index contributed by atoms with van der Waals surface area (Å²) in [6.45, 7) is 0. The van der Waals surface area contributed by atoms with E-state index < -0.39 is 10.2 Å². The van der Waals surface area contributed by atoms with Crippen molar-refractivity contribution in [2.24, 2.45) is 0 Å². The first-order valence-corrected chi connectivity index (χ1v) is 10.3. The van der Waals surface area contributed by atoms with Crippen LogP contribution in [-0.4, -0.2) is 29.8 Å². The molecule has 0 saturated carbocycles. The molecule has 3 aromatic rings. The third kappa shape index (κ3) is 1.82. The standard InChI is InChI=1S/C19H21NOS/c1-21-14-9-10-18-16(12-14)17-11-13-7-5-6-8-15(13)19(17)20(18)22(2,3)4/h5-10,12H,11H2,1-4H3. The smallest absolute Gasteiger partial charge is 0.119 e. The maximum Gasteiger partial charge on any atom is 0.119 e. The molecule has 0 radical (unpaired) electrons. The van der Waals surface area contributed by atoms with Crippen molar-refractivity contribution in [2.45, 2.75) is 6.42 Å². The normalized spacial score (nSPS) is 14.0. The highest BCUT2D eigenvalue weighted by Crippen LogP contribution is 2.52. The van der Waals surface area contributed by atoms with Gasteiger partial charge in [-0.05, 0) is 48.1 Å². The molecule has 114 valence electrons. The lowest BCUT2D eigenvalue weighted by molar-refractivity contribution is 0.415. The lowest BCUT2D eigenvalue weighted by Crippen LogP contribution is -2.06. The van der Waals surface area contributed by atoms with E-state index in [1.807, 2.05) is 0 Å². The number of fused-ring (bicyclic) bond motifs is 5. The molecule has 1 aromatic heterocycles. The highest BCUT2D eigenvalue weighted by molar-refractivity contribution is 8.31. The highest BCUT2D eigenvalue weighted by Gasteiger charge is 2.29. The lowest BCUT2D eigenvalue weighted by atomic mass is 10.1. The maximum absolute atomic E-state index is 5.45. The van der Waals surface area contributed by atoms with Crippen LogP contribution in [0.5, 0.6) is 5.75 Å². The molecule has 0 atom stereocenters. The summed E-state index contributed by atoms with van der Waals surface area (Å²) in [6.07, 6.45) is 8.10. The van der Waals surface area contributed by atoms with E-state index in [0.29, 0.717) is 0 Å². The van der Waals surface area contributed by atoms with Crippen molar-refractivity contribution in [1.29, 1.82) is 0 Å². The Balaban J connectivity index is 2.13. The molecule has 1 aliphatic carbocycles. The molecule has 0 aliphatic heterocycles. The average molecular weight is 311 g/mol. The fraction of sp³-hybridized carbons (Fsp3) is 0.263. The Kier molecular flexibility index (Phi) is 2.85. The Morgan fingerprint density at radius 2 is 1.82 bits per heavy atom. The van der Waals surface area contributed by atoms with Crippen LogP contribution in [0.25, 0.3) is 22.2 Å². The van der Waals surface area contributed by atoms with Crippen molar-refractivity contribution < 1.29 is 4.74 Å². The number of rotatable bonds is 2. The van der Waals surface area contributed by atoms with Crippen LogP contribution in [0.15, 0.2) is 42.5 Å². The molecule has 0 N–H and O–H groups in total. The predicted octanol–water partition coefficient (Wildman–Crippen LogP) is 4.68. The number of aromatic nitrogens is 1. The largest absolute Gasteiger partial charge is 0.497 e. The predicted molar refractivity (Wildman–Crippen MR) is 97.5 cm³/mol. The van der Waals surface area contributed by atoms with Gasteiger partial charge in [-0.25, -0.2) is 0 Å². The van der Waals surface area contributed by atoms with Gasteiger partial charge in [0.05, 0.1) is 18.3 Å². The van der Waals surface area contributed by atoms with Crippen LogP contribution in [0.2, 0.25) is 0 Å². The molecule has 2 aromatic carbocycles. The zero-order valence-corrected chi connectivity index (χ0v) is 14.3. The van der Waals surface area contributed by atoms with Gasteiger partial charge in [-0.1, -0.05) is 24.3 Å². The van der Waals surface area contributed by atoms with Crippen molar-refractivity contribution in [3.63, 3.8) is 0 Å². The van der Waals surface area contributed by atoms with Crippen LogP contribution < -0.4 is 4.74 Å². The minimum atomic E-state index is -0.898. The first-order chi connectivity index (χ1) is 10.5. The molecule has 4 rings (SSSR count). The molecule has 3 heteroatoms. The van der Waals surface area contributed by atoms with Crippen molar-refractivity contribution in [2.75, 3.05) is 25.9 Å². The number of hydrogen-bond donors (Lipinski definition) is 0. The van der Waals surface area contributed by atoms with Crippen LogP contribution in [0.4, 0.5) is 0 Å². The summed E-state index contributed by atoms with van der Waals surface area (Å²) in [5, 5.41) is 1.34. The minimum absolute atomic E-state index is 0.898. The SMILES string of the molecule is COc1ccc2c(c1)c1c(n2S(C)(C)C)-c2ccccc2C1. The van der Waals surface area contributed by atoms with Gasteiger partial charge in [-0.3, -0.25) is 0 Å². The van der Waals surface area contributed by atoms with E-state index in [2.05, 4.69) is 65.2 Å². The Bertz CT molecular complexity index is 886. The van der Waals surface area contributed by atoms with Crippen LogP contribution in [0.3, 0.4) is 0 Å². The van der Waals surface area contributed by atoms with E-state index in [1.165, 1.54) is 33.3 Å². The second kappa shape index (κ2) is 4.56. The summed E-state index contributed by atoms with van der Waals surface area (Å²) < 4.78 is 8.02. The van der Waals surface area contributed by atoms with Crippen molar-refractivity contribution in [3.05, 3.63) is 53.6 Å². The Hall–Kier alpha value is -1.87. The Morgan fingerprint density at radius 1 is 1.05 bits per heavy atom. The quantitative estimate of drug-likeness (QED) is 0.524.